The number of rotatable bonds is 5. The Balaban J connectivity index is 1.85. The Morgan fingerprint density at radius 3 is 2.68 bits per heavy atom. The van der Waals surface area contributed by atoms with Crippen molar-refractivity contribution in [3.8, 4) is 11.4 Å². The summed E-state index contributed by atoms with van der Waals surface area (Å²) in [5, 5.41) is 0. The number of amides is 1. The van der Waals surface area contributed by atoms with E-state index in [1.165, 1.54) is 0 Å². The van der Waals surface area contributed by atoms with Gasteiger partial charge in [0, 0.05) is 38.9 Å². The molecule has 0 N–H and O–H groups in total. The van der Waals surface area contributed by atoms with Crippen molar-refractivity contribution in [1.82, 2.24) is 14.9 Å². The number of carbonyl (C=O) groups excluding carboxylic acids is 2. The van der Waals surface area contributed by atoms with Gasteiger partial charge in [-0.25, -0.2) is 9.97 Å². The highest BCUT2D eigenvalue weighted by molar-refractivity contribution is 5.99. The van der Waals surface area contributed by atoms with E-state index in [2.05, 4.69) is 9.97 Å². The fraction of sp³-hybridized carbons (Fsp3) is 0.429. The zero-order valence-corrected chi connectivity index (χ0v) is 16.6. The predicted octanol–water partition coefficient (Wildman–Crippen LogP) is 2.62. The molecule has 1 unspecified atom stereocenters. The summed E-state index contributed by atoms with van der Waals surface area (Å²) >= 11 is 0. The first-order valence-corrected chi connectivity index (χ1v) is 9.57. The lowest BCUT2D eigenvalue weighted by Gasteiger charge is -2.32. The minimum atomic E-state index is -0.273. The summed E-state index contributed by atoms with van der Waals surface area (Å²) in [5.74, 6) is 0.479. The fourth-order valence-electron chi connectivity index (χ4n) is 3.38. The number of anilines is 1. The molecule has 3 rings (SSSR count). The number of ether oxygens (including phenoxy) is 1. The summed E-state index contributed by atoms with van der Waals surface area (Å²) in [6.07, 6.45) is 3.10. The van der Waals surface area contributed by atoms with Crippen LogP contribution < -0.4 is 4.90 Å². The van der Waals surface area contributed by atoms with Gasteiger partial charge in [0.15, 0.2) is 5.82 Å². The summed E-state index contributed by atoms with van der Waals surface area (Å²) < 4.78 is 5.13. The molecule has 1 saturated heterocycles. The zero-order valence-electron chi connectivity index (χ0n) is 16.6. The van der Waals surface area contributed by atoms with Gasteiger partial charge in [-0.1, -0.05) is 30.3 Å². The summed E-state index contributed by atoms with van der Waals surface area (Å²) in [5.41, 5.74) is 1.33. The van der Waals surface area contributed by atoms with Crippen LogP contribution in [0, 0.1) is 5.92 Å². The second kappa shape index (κ2) is 8.82. The van der Waals surface area contributed by atoms with Gasteiger partial charge in [0.05, 0.1) is 12.5 Å². The summed E-state index contributed by atoms with van der Waals surface area (Å²) in [6, 6.07) is 9.66. The highest BCUT2D eigenvalue weighted by atomic mass is 16.5. The molecule has 28 heavy (non-hydrogen) atoms. The lowest BCUT2D eigenvalue weighted by Crippen LogP contribution is -2.43. The molecule has 0 saturated carbocycles. The maximum absolute atomic E-state index is 13.2. The minimum Gasteiger partial charge on any atom is -0.466 e. The molecule has 0 bridgehead atoms. The van der Waals surface area contributed by atoms with E-state index in [4.69, 9.17) is 4.74 Å². The van der Waals surface area contributed by atoms with Crippen LogP contribution in [0.3, 0.4) is 0 Å². The molecule has 1 fully saturated rings. The number of benzene rings is 1. The van der Waals surface area contributed by atoms with Crippen molar-refractivity contribution in [1.29, 1.82) is 0 Å². The van der Waals surface area contributed by atoms with Crippen molar-refractivity contribution in [2.45, 2.75) is 19.8 Å². The van der Waals surface area contributed by atoms with Gasteiger partial charge in [0.1, 0.15) is 11.4 Å². The smallest absolute Gasteiger partial charge is 0.310 e. The van der Waals surface area contributed by atoms with Crippen LogP contribution in [-0.4, -0.2) is 60.5 Å². The van der Waals surface area contributed by atoms with Gasteiger partial charge in [0.25, 0.3) is 5.91 Å². The Morgan fingerprint density at radius 1 is 1.25 bits per heavy atom. The van der Waals surface area contributed by atoms with Crippen LogP contribution in [0.2, 0.25) is 0 Å². The molecular formula is C21H26N4O3. The SMILES string of the molecule is CCOC(=O)C1CCCN(C(=O)c2cnc(-c3ccccc3)nc2N(C)C)C1. The molecule has 2 aromatic rings. The number of aromatic nitrogens is 2. The minimum absolute atomic E-state index is 0.155. The second-order valence-corrected chi connectivity index (χ2v) is 7.03. The van der Waals surface area contributed by atoms with Gasteiger partial charge < -0.3 is 14.5 Å². The zero-order chi connectivity index (χ0) is 20.1. The average molecular weight is 382 g/mol. The fourth-order valence-corrected chi connectivity index (χ4v) is 3.38. The quantitative estimate of drug-likeness (QED) is 0.740. The van der Waals surface area contributed by atoms with Crippen molar-refractivity contribution in [2.24, 2.45) is 5.92 Å². The first-order chi connectivity index (χ1) is 13.5. The Kier molecular flexibility index (Phi) is 6.23. The third-order valence-corrected chi connectivity index (χ3v) is 4.78. The molecule has 1 atom stereocenters. The van der Waals surface area contributed by atoms with Gasteiger partial charge in [-0.15, -0.1) is 0 Å². The van der Waals surface area contributed by atoms with E-state index in [9.17, 15) is 9.59 Å². The molecule has 7 heteroatoms. The van der Waals surface area contributed by atoms with Crippen molar-refractivity contribution in [3.05, 3.63) is 42.1 Å². The van der Waals surface area contributed by atoms with E-state index >= 15 is 0 Å². The van der Waals surface area contributed by atoms with Crippen LogP contribution in [0.5, 0.6) is 0 Å². The average Bonchev–Trinajstić information content (AvgIpc) is 2.73. The standard InChI is InChI=1S/C21H26N4O3/c1-4-28-21(27)16-11-8-12-25(14-16)20(26)17-13-22-18(23-19(17)24(2)3)15-9-6-5-7-10-15/h5-7,9-10,13,16H,4,8,11-12,14H2,1-3H3. The summed E-state index contributed by atoms with van der Waals surface area (Å²) in [6.45, 7) is 3.12. The highest BCUT2D eigenvalue weighted by Gasteiger charge is 2.31. The third kappa shape index (κ3) is 4.30. The maximum Gasteiger partial charge on any atom is 0.310 e. The van der Waals surface area contributed by atoms with Gasteiger partial charge in [0.2, 0.25) is 0 Å². The molecule has 148 valence electrons. The van der Waals surface area contributed by atoms with E-state index in [0.29, 0.717) is 36.9 Å². The van der Waals surface area contributed by atoms with E-state index in [1.807, 2.05) is 49.3 Å². The van der Waals surface area contributed by atoms with Crippen LogP contribution in [0.25, 0.3) is 11.4 Å². The van der Waals surface area contributed by atoms with E-state index in [1.54, 1.807) is 18.0 Å². The third-order valence-electron chi connectivity index (χ3n) is 4.78. The number of esters is 1. The van der Waals surface area contributed by atoms with Crippen LogP contribution in [0.4, 0.5) is 5.82 Å². The summed E-state index contributed by atoms with van der Waals surface area (Å²) in [4.78, 5) is 37.8. The predicted molar refractivity (Wildman–Crippen MR) is 107 cm³/mol. The Labute approximate surface area is 165 Å². The lowest BCUT2D eigenvalue weighted by atomic mass is 9.97. The molecule has 1 aliphatic heterocycles. The van der Waals surface area contributed by atoms with Crippen molar-refractivity contribution < 1.29 is 14.3 Å². The van der Waals surface area contributed by atoms with Gasteiger partial charge in [-0.3, -0.25) is 9.59 Å². The largest absolute Gasteiger partial charge is 0.466 e. The second-order valence-electron chi connectivity index (χ2n) is 7.03. The summed E-state index contributed by atoms with van der Waals surface area (Å²) in [7, 11) is 3.71. The van der Waals surface area contributed by atoms with Gasteiger partial charge >= 0.3 is 5.97 Å². The van der Waals surface area contributed by atoms with Gasteiger partial charge in [-0.05, 0) is 19.8 Å². The van der Waals surface area contributed by atoms with Crippen molar-refractivity contribution in [2.75, 3.05) is 38.7 Å². The molecule has 7 nitrogen and oxygen atoms in total. The van der Waals surface area contributed by atoms with E-state index < -0.39 is 0 Å². The van der Waals surface area contributed by atoms with Crippen molar-refractivity contribution in [3.63, 3.8) is 0 Å². The Morgan fingerprint density at radius 2 is 2.00 bits per heavy atom. The number of hydrogen-bond donors (Lipinski definition) is 0. The van der Waals surface area contributed by atoms with Crippen LogP contribution in [0.15, 0.2) is 36.5 Å². The van der Waals surface area contributed by atoms with E-state index in [-0.39, 0.29) is 17.8 Å². The first kappa shape index (κ1) is 19.8. The first-order valence-electron chi connectivity index (χ1n) is 9.57. The molecule has 0 radical (unpaired) electrons. The number of carbonyl (C=O) groups is 2. The molecule has 2 heterocycles. The highest BCUT2D eigenvalue weighted by Crippen LogP contribution is 2.25. The number of likely N-dealkylation sites (tertiary alicyclic amines) is 1. The normalized spacial score (nSPS) is 16.5. The maximum atomic E-state index is 13.2. The molecule has 1 amide bonds. The van der Waals surface area contributed by atoms with E-state index in [0.717, 1.165) is 18.4 Å². The Hall–Kier alpha value is -2.96. The molecule has 1 aromatic heterocycles. The van der Waals surface area contributed by atoms with Gasteiger partial charge in [-0.2, -0.15) is 0 Å². The Bertz CT molecular complexity index is 839. The monoisotopic (exact) mass is 382 g/mol. The van der Waals surface area contributed by atoms with Crippen molar-refractivity contribution >= 4 is 17.7 Å². The topological polar surface area (TPSA) is 75.6 Å². The number of hydrogen-bond acceptors (Lipinski definition) is 6. The molecule has 1 aromatic carbocycles. The lowest BCUT2D eigenvalue weighted by molar-refractivity contribution is -0.149. The van der Waals surface area contributed by atoms with Crippen LogP contribution in [0.1, 0.15) is 30.1 Å². The van der Waals surface area contributed by atoms with Crippen LogP contribution in [-0.2, 0) is 9.53 Å². The molecule has 0 aliphatic carbocycles. The van der Waals surface area contributed by atoms with Crippen LogP contribution >= 0.6 is 0 Å². The molecule has 1 aliphatic rings. The number of piperidine rings is 1. The number of nitrogens with zero attached hydrogens (tertiary/aromatic N) is 4. The molecule has 0 spiro atoms. The molecular weight excluding hydrogens is 356 g/mol.